The first kappa shape index (κ1) is 30.8. The monoisotopic (exact) mass is 620 g/mol. The van der Waals surface area contributed by atoms with Crippen LogP contribution in [0.5, 0.6) is 11.6 Å². The first-order valence-electron chi connectivity index (χ1n) is 15.7. The number of hydrogen-bond donors (Lipinski definition) is 2. The van der Waals surface area contributed by atoms with Gasteiger partial charge in [0.2, 0.25) is 11.8 Å². The Morgan fingerprint density at radius 3 is 2.70 bits per heavy atom. The Labute approximate surface area is 269 Å². The number of nitrogens with one attached hydrogen (secondary N) is 2. The number of benzene rings is 2. The van der Waals surface area contributed by atoms with Crippen LogP contribution in [-0.4, -0.2) is 60.5 Å². The van der Waals surface area contributed by atoms with Gasteiger partial charge < -0.3 is 25.0 Å². The van der Waals surface area contributed by atoms with Gasteiger partial charge in [-0.2, -0.15) is 5.10 Å². The summed E-state index contributed by atoms with van der Waals surface area (Å²) in [5.74, 6) is 2.42. The minimum Gasteiger partial charge on any atom is -0.444 e. The molecule has 2 aromatic carbocycles. The number of amides is 1. The van der Waals surface area contributed by atoms with Crippen LogP contribution < -0.4 is 15.4 Å². The van der Waals surface area contributed by atoms with E-state index in [9.17, 15) is 4.79 Å². The van der Waals surface area contributed by atoms with Gasteiger partial charge in [0.05, 0.1) is 11.3 Å². The number of hydrogen-bond acceptors (Lipinski definition) is 9. The fraction of sp³-hybridized carbons (Fsp3) is 0.343. The summed E-state index contributed by atoms with van der Waals surface area (Å²) >= 11 is 0. The van der Waals surface area contributed by atoms with Gasteiger partial charge in [0.15, 0.2) is 5.82 Å². The summed E-state index contributed by atoms with van der Waals surface area (Å²) in [5, 5.41) is 13.4. The van der Waals surface area contributed by atoms with Gasteiger partial charge in [0, 0.05) is 66.8 Å². The molecule has 0 saturated carbocycles. The number of pyridine rings is 1. The Morgan fingerprint density at radius 1 is 1.02 bits per heavy atom. The lowest BCUT2D eigenvalue weighted by Gasteiger charge is -2.34. The van der Waals surface area contributed by atoms with Crippen molar-refractivity contribution < 1.29 is 14.3 Å². The Balaban J connectivity index is 1.24. The zero-order chi connectivity index (χ0) is 32.3. The number of piperidine rings is 1. The largest absolute Gasteiger partial charge is 0.444 e. The summed E-state index contributed by atoms with van der Waals surface area (Å²) in [6.45, 7) is 11.7. The van der Waals surface area contributed by atoms with E-state index in [4.69, 9.17) is 14.5 Å². The van der Waals surface area contributed by atoms with Crippen LogP contribution in [-0.2, 0) is 11.3 Å². The second-order valence-electron chi connectivity index (χ2n) is 12.4. The first-order valence-corrected chi connectivity index (χ1v) is 15.7. The van der Waals surface area contributed by atoms with E-state index in [0.717, 1.165) is 58.5 Å². The number of carbonyl (C=O) groups excluding carboxylic acids is 1. The molecule has 1 unspecified atom stereocenters. The molecule has 1 amide bonds. The Morgan fingerprint density at radius 2 is 1.89 bits per heavy atom. The van der Waals surface area contributed by atoms with Crippen LogP contribution in [0.3, 0.4) is 0 Å². The van der Waals surface area contributed by atoms with E-state index in [1.54, 1.807) is 17.3 Å². The summed E-state index contributed by atoms with van der Waals surface area (Å²) in [4.78, 5) is 28.3. The molecule has 1 aliphatic heterocycles. The highest BCUT2D eigenvalue weighted by atomic mass is 16.6. The van der Waals surface area contributed by atoms with Gasteiger partial charge in [0.1, 0.15) is 11.4 Å². The average molecular weight is 621 g/mol. The minimum absolute atomic E-state index is 0.00184. The molecule has 0 bridgehead atoms. The molecule has 1 saturated heterocycles. The molecular weight excluding hydrogens is 580 g/mol. The summed E-state index contributed by atoms with van der Waals surface area (Å²) in [5.41, 5.74) is 2.79. The quantitative estimate of drug-likeness (QED) is 0.181. The standard InChI is InChI=1S/C35H40N8O3/c1-6-43-21-17-30(41-43)39-28-13-7-11-26-25(28)15-14-23(2)31(26)45-32-27(12-8-18-36-32)29-16-19-37-33(40-29)38-24-10-9-20-42(22-24)34(44)46-35(3,4)5/h7-8,11-19,21,24H,6,9-10,20,22H2,1-5H3,(H,39,41)(H,37,38,40). The molecule has 5 aromatic rings. The van der Waals surface area contributed by atoms with E-state index in [0.29, 0.717) is 30.6 Å². The van der Waals surface area contributed by atoms with E-state index < -0.39 is 5.60 Å². The number of likely N-dealkylation sites (tertiary alicyclic amines) is 1. The molecule has 3 aromatic heterocycles. The summed E-state index contributed by atoms with van der Waals surface area (Å²) in [7, 11) is 0. The molecule has 6 rings (SSSR count). The zero-order valence-electron chi connectivity index (χ0n) is 26.9. The van der Waals surface area contributed by atoms with Crippen molar-refractivity contribution in [2.24, 2.45) is 0 Å². The normalized spacial score (nSPS) is 15.1. The van der Waals surface area contributed by atoms with Gasteiger partial charge in [-0.1, -0.05) is 24.3 Å². The summed E-state index contributed by atoms with van der Waals surface area (Å²) in [6.07, 6.45) is 6.84. The molecule has 1 aliphatic rings. The number of nitrogens with zero attached hydrogens (tertiary/aromatic N) is 6. The molecule has 0 spiro atoms. The van der Waals surface area contributed by atoms with E-state index in [-0.39, 0.29) is 12.1 Å². The fourth-order valence-electron chi connectivity index (χ4n) is 5.54. The second kappa shape index (κ2) is 13.0. The van der Waals surface area contributed by atoms with E-state index in [1.807, 2.05) is 87.1 Å². The zero-order valence-corrected chi connectivity index (χ0v) is 26.9. The maximum Gasteiger partial charge on any atom is 0.410 e. The third-order valence-electron chi connectivity index (χ3n) is 7.74. The Bertz CT molecular complexity index is 1850. The predicted octanol–water partition coefficient (Wildman–Crippen LogP) is 7.56. The number of aromatic nitrogens is 5. The lowest BCUT2D eigenvalue weighted by atomic mass is 10.0. The SMILES string of the molecule is CCn1ccc(Nc2cccc3c(Oc4ncccc4-c4ccnc(NC5CCCN(C(=O)OC(C)(C)C)C5)n4)c(C)ccc23)n1. The second-order valence-corrected chi connectivity index (χ2v) is 12.4. The van der Waals surface area contributed by atoms with Gasteiger partial charge in [0.25, 0.3) is 0 Å². The van der Waals surface area contributed by atoms with Crippen LogP contribution in [0, 0.1) is 6.92 Å². The van der Waals surface area contributed by atoms with Crippen LogP contribution in [0.1, 0.15) is 46.1 Å². The molecule has 4 heterocycles. The highest BCUT2D eigenvalue weighted by Gasteiger charge is 2.28. The molecule has 11 heteroatoms. The maximum atomic E-state index is 12.7. The lowest BCUT2D eigenvalue weighted by molar-refractivity contribution is 0.0206. The van der Waals surface area contributed by atoms with Gasteiger partial charge in [-0.05, 0) is 77.3 Å². The van der Waals surface area contributed by atoms with Gasteiger partial charge in [-0.3, -0.25) is 4.68 Å². The minimum atomic E-state index is -0.540. The molecule has 0 radical (unpaired) electrons. The van der Waals surface area contributed by atoms with Crippen LogP contribution in [0.25, 0.3) is 22.0 Å². The number of ether oxygens (including phenoxy) is 2. The molecule has 1 fully saturated rings. The van der Waals surface area contributed by atoms with Crippen molar-refractivity contribution in [2.75, 3.05) is 23.7 Å². The van der Waals surface area contributed by atoms with Crippen LogP contribution in [0.4, 0.5) is 22.2 Å². The fourth-order valence-corrected chi connectivity index (χ4v) is 5.54. The van der Waals surface area contributed by atoms with Gasteiger partial charge in [-0.25, -0.2) is 19.7 Å². The number of anilines is 3. The van der Waals surface area contributed by atoms with Gasteiger partial charge in [-0.15, -0.1) is 0 Å². The third kappa shape index (κ3) is 7.03. The highest BCUT2D eigenvalue weighted by Crippen LogP contribution is 2.39. The molecule has 11 nitrogen and oxygen atoms in total. The molecule has 1 atom stereocenters. The van der Waals surface area contributed by atoms with Crippen molar-refractivity contribution in [3.8, 4) is 22.9 Å². The average Bonchev–Trinajstić information content (AvgIpc) is 3.50. The van der Waals surface area contributed by atoms with Crippen LogP contribution in [0.2, 0.25) is 0 Å². The number of aryl methyl sites for hydroxylation is 2. The number of fused-ring (bicyclic) bond motifs is 1. The third-order valence-corrected chi connectivity index (χ3v) is 7.74. The molecular formula is C35H40N8O3. The predicted molar refractivity (Wildman–Crippen MR) is 180 cm³/mol. The maximum absolute atomic E-state index is 12.7. The van der Waals surface area contributed by atoms with Crippen molar-refractivity contribution >= 4 is 34.3 Å². The van der Waals surface area contributed by atoms with Crippen molar-refractivity contribution in [1.29, 1.82) is 0 Å². The highest BCUT2D eigenvalue weighted by molar-refractivity contribution is 5.99. The summed E-state index contributed by atoms with van der Waals surface area (Å²) < 4.78 is 14.1. The smallest absolute Gasteiger partial charge is 0.410 e. The Kier molecular flexibility index (Phi) is 8.74. The number of rotatable bonds is 8. The van der Waals surface area contributed by atoms with Crippen molar-refractivity contribution in [3.63, 3.8) is 0 Å². The summed E-state index contributed by atoms with van der Waals surface area (Å²) in [6, 6.07) is 17.8. The van der Waals surface area contributed by atoms with Crippen molar-refractivity contribution in [2.45, 2.75) is 65.6 Å². The molecule has 2 N–H and O–H groups in total. The number of carbonyl (C=O) groups is 1. The molecule has 238 valence electrons. The van der Waals surface area contributed by atoms with Crippen LogP contribution in [0.15, 0.2) is 73.2 Å². The van der Waals surface area contributed by atoms with E-state index in [2.05, 4.69) is 38.7 Å². The Hall–Kier alpha value is -5.19. The van der Waals surface area contributed by atoms with E-state index in [1.165, 1.54) is 0 Å². The van der Waals surface area contributed by atoms with Gasteiger partial charge >= 0.3 is 6.09 Å². The van der Waals surface area contributed by atoms with E-state index >= 15 is 0 Å². The molecule has 0 aliphatic carbocycles. The topological polar surface area (TPSA) is 119 Å². The van der Waals surface area contributed by atoms with Crippen LogP contribution >= 0.6 is 0 Å². The molecule has 46 heavy (non-hydrogen) atoms. The van der Waals surface area contributed by atoms with Crippen molar-refractivity contribution in [3.05, 3.63) is 78.8 Å². The first-order chi connectivity index (χ1) is 22.2. The van der Waals surface area contributed by atoms with Crippen molar-refractivity contribution in [1.82, 2.24) is 29.6 Å². The lowest BCUT2D eigenvalue weighted by Crippen LogP contribution is -2.47.